The number of carbonyl (C=O) groups excluding carboxylic acids is 1. The summed E-state index contributed by atoms with van der Waals surface area (Å²) in [7, 11) is 0. The van der Waals surface area contributed by atoms with Crippen LogP contribution in [0.3, 0.4) is 0 Å². The van der Waals surface area contributed by atoms with Crippen LogP contribution in [0, 0.1) is 0 Å². The van der Waals surface area contributed by atoms with Crippen molar-refractivity contribution < 1.29 is 24.1 Å². The highest BCUT2D eigenvalue weighted by Crippen LogP contribution is 2.43. The molecule has 0 aliphatic carbocycles. The fourth-order valence-electron chi connectivity index (χ4n) is 3.32. The van der Waals surface area contributed by atoms with E-state index >= 15 is 0 Å². The SMILES string of the molecule is O=C1OCC(O)=C1c1c(-c2ccc(Br)cc2)[nH]c2cc3c(cc12)OCO3. The number of fused-ring (bicyclic) bond motifs is 2. The molecule has 1 aromatic heterocycles. The molecule has 3 heterocycles. The largest absolute Gasteiger partial charge is 0.508 e. The zero-order chi connectivity index (χ0) is 17.8. The van der Waals surface area contributed by atoms with E-state index in [1.54, 1.807) is 0 Å². The van der Waals surface area contributed by atoms with Gasteiger partial charge in [-0.05, 0) is 23.8 Å². The second-order valence-electron chi connectivity index (χ2n) is 6.03. The van der Waals surface area contributed by atoms with E-state index in [1.165, 1.54) is 0 Å². The number of cyclic esters (lactones) is 1. The number of nitrogens with one attached hydrogen (secondary N) is 1. The van der Waals surface area contributed by atoms with Gasteiger partial charge in [0.25, 0.3) is 0 Å². The van der Waals surface area contributed by atoms with Crippen LogP contribution >= 0.6 is 15.9 Å². The van der Waals surface area contributed by atoms with Crippen LogP contribution in [-0.4, -0.2) is 29.5 Å². The standard InChI is InChI=1S/C19H12BrNO5/c20-10-3-1-9(2-4-10)18-16(17-13(22)7-24-19(17)23)11-5-14-15(26-8-25-14)6-12(11)21-18/h1-6,21-22H,7-8H2. The average molecular weight is 414 g/mol. The Kier molecular flexibility index (Phi) is 3.27. The van der Waals surface area contributed by atoms with E-state index in [9.17, 15) is 9.90 Å². The van der Waals surface area contributed by atoms with Crippen LogP contribution < -0.4 is 9.47 Å². The van der Waals surface area contributed by atoms with Crippen LogP contribution in [0.4, 0.5) is 0 Å². The summed E-state index contributed by atoms with van der Waals surface area (Å²) >= 11 is 3.43. The molecule has 0 bridgehead atoms. The summed E-state index contributed by atoms with van der Waals surface area (Å²) in [6.45, 7) is 0.0397. The highest BCUT2D eigenvalue weighted by atomic mass is 79.9. The zero-order valence-electron chi connectivity index (χ0n) is 13.3. The number of carbonyl (C=O) groups is 1. The lowest BCUT2D eigenvalue weighted by Crippen LogP contribution is -1.99. The number of ether oxygens (including phenoxy) is 3. The molecule has 0 spiro atoms. The number of H-pyrrole nitrogens is 1. The number of esters is 1. The molecule has 2 aliphatic heterocycles. The minimum absolute atomic E-state index is 0.0769. The number of halogens is 1. The second kappa shape index (κ2) is 5.54. The van der Waals surface area contributed by atoms with E-state index in [0.29, 0.717) is 17.1 Å². The van der Waals surface area contributed by atoms with Crippen molar-refractivity contribution in [3.05, 3.63) is 52.2 Å². The molecule has 5 rings (SSSR count). The number of hydrogen-bond acceptors (Lipinski definition) is 5. The van der Waals surface area contributed by atoms with E-state index in [2.05, 4.69) is 20.9 Å². The van der Waals surface area contributed by atoms with Crippen LogP contribution in [0.1, 0.15) is 5.56 Å². The molecule has 0 saturated carbocycles. The predicted octanol–water partition coefficient (Wildman–Crippen LogP) is 4.15. The molecule has 2 N–H and O–H groups in total. The van der Waals surface area contributed by atoms with Crippen molar-refractivity contribution in [3.8, 4) is 22.8 Å². The zero-order valence-corrected chi connectivity index (χ0v) is 14.9. The van der Waals surface area contributed by atoms with Crippen LogP contribution in [-0.2, 0) is 9.53 Å². The Morgan fingerprint density at radius 3 is 2.46 bits per heavy atom. The summed E-state index contributed by atoms with van der Waals surface area (Å²) in [5, 5.41) is 11.0. The molecule has 6 nitrogen and oxygen atoms in total. The van der Waals surface area contributed by atoms with Gasteiger partial charge in [-0.1, -0.05) is 28.1 Å². The minimum Gasteiger partial charge on any atom is -0.508 e. The van der Waals surface area contributed by atoms with Gasteiger partial charge >= 0.3 is 5.97 Å². The lowest BCUT2D eigenvalue weighted by atomic mass is 9.98. The van der Waals surface area contributed by atoms with E-state index in [0.717, 1.165) is 26.6 Å². The number of aliphatic hydroxyl groups excluding tert-OH is 1. The molecule has 2 aliphatic rings. The lowest BCUT2D eigenvalue weighted by molar-refractivity contribution is -0.134. The molecule has 26 heavy (non-hydrogen) atoms. The van der Waals surface area contributed by atoms with Gasteiger partial charge in [0, 0.05) is 21.5 Å². The van der Waals surface area contributed by atoms with Gasteiger partial charge in [-0.2, -0.15) is 0 Å². The Morgan fingerprint density at radius 1 is 1.04 bits per heavy atom. The van der Waals surface area contributed by atoms with Crippen LogP contribution in [0.25, 0.3) is 27.7 Å². The van der Waals surface area contributed by atoms with Gasteiger partial charge in [-0.15, -0.1) is 0 Å². The van der Waals surface area contributed by atoms with Crippen LogP contribution in [0.5, 0.6) is 11.5 Å². The van der Waals surface area contributed by atoms with Gasteiger partial charge in [0.2, 0.25) is 6.79 Å². The quantitative estimate of drug-likeness (QED) is 0.616. The second-order valence-corrected chi connectivity index (χ2v) is 6.95. The maximum atomic E-state index is 12.3. The lowest BCUT2D eigenvalue weighted by Gasteiger charge is -2.06. The molecule has 0 radical (unpaired) electrons. The number of aliphatic hydroxyl groups is 1. The Bertz CT molecular complexity index is 1100. The van der Waals surface area contributed by atoms with Crippen molar-refractivity contribution in [3.63, 3.8) is 0 Å². The fraction of sp³-hybridized carbons (Fsp3) is 0.105. The summed E-state index contributed by atoms with van der Waals surface area (Å²) in [5.74, 6) is 0.623. The summed E-state index contributed by atoms with van der Waals surface area (Å²) in [4.78, 5) is 15.6. The number of aromatic nitrogens is 1. The Hall–Kier alpha value is -2.93. The van der Waals surface area contributed by atoms with Crippen molar-refractivity contribution in [2.24, 2.45) is 0 Å². The first-order chi connectivity index (χ1) is 12.6. The summed E-state index contributed by atoms with van der Waals surface area (Å²) < 4.78 is 16.9. The van der Waals surface area contributed by atoms with Crippen LogP contribution in [0.15, 0.2) is 46.6 Å². The molecule has 0 fully saturated rings. The van der Waals surface area contributed by atoms with Gasteiger partial charge in [0.05, 0.1) is 11.2 Å². The van der Waals surface area contributed by atoms with Crippen molar-refractivity contribution >= 4 is 38.4 Å². The number of rotatable bonds is 2. The molecule has 0 unspecified atom stereocenters. The van der Waals surface area contributed by atoms with Crippen molar-refractivity contribution in [1.82, 2.24) is 4.98 Å². The normalized spacial score (nSPS) is 15.8. The Morgan fingerprint density at radius 2 is 1.77 bits per heavy atom. The summed E-state index contributed by atoms with van der Waals surface area (Å²) in [5.41, 5.74) is 3.15. The van der Waals surface area contributed by atoms with E-state index in [1.807, 2.05) is 36.4 Å². The molecule has 2 aromatic carbocycles. The molecular weight excluding hydrogens is 402 g/mol. The molecule has 130 valence electrons. The third kappa shape index (κ3) is 2.20. The molecule has 3 aromatic rings. The molecule has 0 atom stereocenters. The van der Waals surface area contributed by atoms with E-state index < -0.39 is 5.97 Å². The van der Waals surface area contributed by atoms with Crippen molar-refractivity contribution in [1.29, 1.82) is 0 Å². The van der Waals surface area contributed by atoms with Gasteiger partial charge in [0.1, 0.15) is 17.9 Å². The highest BCUT2D eigenvalue weighted by molar-refractivity contribution is 9.10. The number of aromatic amines is 1. The molecule has 7 heteroatoms. The number of benzene rings is 2. The first-order valence-electron chi connectivity index (χ1n) is 7.92. The first-order valence-corrected chi connectivity index (χ1v) is 8.72. The maximum Gasteiger partial charge on any atom is 0.342 e. The fourth-order valence-corrected chi connectivity index (χ4v) is 3.58. The third-order valence-electron chi connectivity index (χ3n) is 4.51. The topological polar surface area (TPSA) is 80.8 Å². The number of hydrogen-bond donors (Lipinski definition) is 2. The van der Waals surface area contributed by atoms with E-state index in [-0.39, 0.29) is 24.7 Å². The highest BCUT2D eigenvalue weighted by Gasteiger charge is 2.32. The van der Waals surface area contributed by atoms with Crippen molar-refractivity contribution in [2.45, 2.75) is 0 Å². The Balaban J connectivity index is 1.84. The van der Waals surface area contributed by atoms with Gasteiger partial charge < -0.3 is 24.3 Å². The minimum atomic E-state index is -0.542. The smallest absolute Gasteiger partial charge is 0.342 e. The van der Waals surface area contributed by atoms with Gasteiger partial charge in [0.15, 0.2) is 11.5 Å². The molecule has 0 amide bonds. The maximum absolute atomic E-state index is 12.3. The summed E-state index contributed by atoms with van der Waals surface area (Å²) in [6.07, 6.45) is 0. The van der Waals surface area contributed by atoms with Crippen molar-refractivity contribution in [2.75, 3.05) is 13.4 Å². The predicted molar refractivity (Wildman–Crippen MR) is 98.1 cm³/mol. The van der Waals surface area contributed by atoms with E-state index in [4.69, 9.17) is 14.2 Å². The molecule has 0 saturated heterocycles. The third-order valence-corrected chi connectivity index (χ3v) is 5.04. The first kappa shape index (κ1) is 15.3. The van der Waals surface area contributed by atoms with Crippen LogP contribution in [0.2, 0.25) is 0 Å². The Labute approximate surface area is 156 Å². The average Bonchev–Trinajstić information content (AvgIpc) is 3.31. The molecular formula is C19H12BrNO5. The monoisotopic (exact) mass is 413 g/mol. The van der Waals surface area contributed by atoms with Gasteiger partial charge in [-0.25, -0.2) is 4.79 Å². The summed E-state index contributed by atoms with van der Waals surface area (Å²) in [6, 6.07) is 11.3. The van der Waals surface area contributed by atoms with Gasteiger partial charge in [-0.3, -0.25) is 0 Å².